The highest BCUT2D eigenvalue weighted by atomic mass is 16.3. The van der Waals surface area contributed by atoms with Crippen LogP contribution < -0.4 is 11.1 Å². The molecule has 5 N–H and O–H groups in total. The van der Waals surface area contributed by atoms with E-state index < -0.39 is 11.9 Å². The second kappa shape index (κ2) is 7.43. The van der Waals surface area contributed by atoms with Gasteiger partial charge in [0, 0.05) is 30.9 Å². The molecule has 0 radical (unpaired) electrons. The number of amides is 2. The maximum atomic E-state index is 12.5. The Morgan fingerprint density at radius 3 is 1.96 bits per heavy atom. The van der Waals surface area contributed by atoms with Gasteiger partial charge in [-0.05, 0) is 37.5 Å². The van der Waals surface area contributed by atoms with Gasteiger partial charge in [-0.1, -0.05) is 0 Å². The molecule has 0 heterocycles. The number of benzene rings is 1. The van der Waals surface area contributed by atoms with Gasteiger partial charge in [-0.25, -0.2) is 0 Å². The van der Waals surface area contributed by atoms with Crippen LogP contribution in [0.4, 0.5) is 5.69 Å². The number of nitrogens with two attached hydrogens (primary N) is 1. The van der Waals surface area contributed by atoms with E-state index in [2.05, 4.69) is 5.32 Å². The summed E-state index contributed by atoms with van der Waals surface area (Å²) in [6, 6.07) is -0.767. The molecule has 0 aromatic heterocycles. The van der Waals surface area contributed by atoms with Crippen LogP contribution in [-0.4, -0.2) is 60.3 Å². The fourth-order valence-corrected chi connectivity index (χ4v) is 2.53. The summed E-state index contributed by atoms with van der Waals surface area (Å²) in [4.78, 5) is 26.4. The summed E-state index contributed by atoms with van der Waals surface area (Å²) >= 11 is 0. The molecule has 0 aliphatic heterocycles. The molecule has 1 aromatic carbocycles. The zero-order valence-corrected chi connectivity index (χ0v) is 14.2. The van der Waals surface area contributed by atoms with Crippen molar-refractivity contribution in [3.63, 3.8) is 0 Å². The first-order valence-corrected chi connectivity index (χ1v) is 7.30. The first-order chi connectivity index (χ1) is 10.7. The van der Waals surface area contributed by atoms with Crippen molar-refractivity contribution >= 4 is 17.5 Å². The van der Waals surface area contributed by atoms with E-state index in [1.165, 1.54) is 4.90 Å². The first kappa shape index (κ1) is 18.9. The number of anilines is 1. The molecule has 1 rings (SSSR count). The van der Waals surface area contributed by atoms with Crippen molar-refractivity contribution < 1.29 is 19.8 Å². The normalized spacial score (nSPS) is 10.8. The van der Waals surface area contributed by atoms with Crippen LogP contribution in [0.25, 0.3) is 0 Å². The minimum absolute atomic E-state index is 0.235. The average molecular weight is 323 g/mol. The summed E-state index contributed by atoms with van der Waals surface area (Å²) in [5.41, 5.74) is 8.89. The summed E-state index contributed by atoms with van der Waals surface area (Å²) in [6.07, 6.45) is 0. The minimum atomic E-state index is -0.767. The lowest BCUT2D eigenvalue weighted by Crippen LogP contribution is -2.41. The molecule has 0 saturated heterocycles. The Kier molecular flexibility index (Phi) is 6.12. The Balaban J connectivity index is 3.49. The molecular weight excluding hydrogens is 298 g/mol. The van der Waals surface area contributed by atoms with E-state index in [9.17, 15) is 9.59 Å². The third-order valence-corrected chi connectivity index (χ3v) is 3.93. The smallest absolute Gasteiger partial charge is 0.253 e. The standard InChI is InChI=1S/C16H25N3O4/c1-8-12(15(22)18-11(6-20)7-21)9(2)14(17)10(3)13(8)16(23)19(4)5/h11,20-21H,6-7,17H2,1-5H3,(H,18,22). The summed E-state index contributed by atoms with van der Waals surface area (Å²) in [5.74, 6) is -0.714. The molecule has 23 heavy (non-hydrogen) atoms. The largest absolute Gasteiger partial charge is 0.398 e. The topological polar surface area (TPSA) is 116 Å². The maximum Gasteiger partial charge on any atom is 0.253 e. The van der Waals surface area contributed by atoms with Crippen LogP contribution in [0.3, 0.4) is 0 Å². The highest BCUT2D eigenvalue weighted by Crippen LogP contribution is 2.29. The van der Waals surface area contributed by atoms with Crippen LogP contribution in [0.5, 0.6) is 0 Å². The Labute approximate surface area is 136 Å². The molecule has 0 unspecified atom stereocenters. The van der Waals surface area contributed by atoms with Crippen LogP contribution >= 0.6 is 0 Å². The number of hydrogen-bond acceptors (Lipinski definition) is 5. The van der Waals surface area contributed by atoms with Gasteiger partial charge in [-0.15, -0.1) is 0 Å². The van der Waals surface area contributed by atoms with Gasteiger partial charge in [0.1, 0.15) is 0 Å². The van der Waals surface area contributed by atoms with Crippen molar-refractivity contribution in [1.82, 2.24) is 10.2 Å². The van der Waals surface area contributed by atoms with Crippen LogP contribution in [0.15, 0.2) is 0 Å². The van der Waals surface area contributed by atoms with Crippen molar-refractivity contribution in [3.05, 3.63) is 27.8 Å². The van der Waals surface area contributed by atoms with E-state index >= 15 is 0 Å². The molecule has 0 aliphatic rings. The van der Waals surface area contributed by atoms with E-state index in [0.29, 0.717) is 33.5 Å². The predicted molar refractivity (Wildman–Crippen MR) is 88.5 cm³/mol. The minimum Gasteiger partial charge on any atom is -0.398 e. The maximum absolute atomic E-state index is 12.5. The van der Waals surface area contributed by atoms with E-state index in [4.69, 9.17) is 15.9 Å². The van der Waals surface area contributed by atoms with E-state index in [1.54, 1.807) is 34.9 Å². The van der Waals surface area contributed by atoms with E-state index in [0.717, 1.165) is 0 Å². The van der Waals surface area contributed by atoms with Gasteiger partial charge in [-0.3, -0.25) is 9.59 Å². The van der Waals surface area contributed by atoms with Crippen LogP contribution in [0.2, 0.25) is 0 Å². The number of carbonyl (C=O) groups excluding carboxylic acids is 2. The Bertz CT molecular complexity index is 622. The lowest BCUT2D eigenvalue weighted by atomic mass is 9.90. The summed E-state index contributed by atoms with van der Waals surface area (Å²) in [5, 5.41) is 20.8. The second-order valence-electron chi connectivity index (χ2n) is 5.77. The number of carbonyl (C=O) groups is 2. The molecule has 0 fully saturated rings. The average Bonchev–Trinajstić information content (AvgIpc) is 2.50. The molecule has 7 heteroatoms. The van der Waals surface area contributed by atoms with E-state index in [-0.39, 0.29) is 19.1 Å². The van der Waals surface area contributed by atoms with Gasteiger partial charge in [-0.2, -0.15) is 0 Å². The summed E-state index contributed by atoms with van der Waals surface area (Å²) in [7, 11) is 3.26. The number of aliphatic hydroxyl groups is 2. The van der Waals surface area contributed by atoms with Crippen molar-refractivity contribution in [2.45, 2.75) is 26.8 Å². The number of aliphatic hydroxyl groups excluding tert-OH is 2. The molecule has 2 amide bonds. The third kappa shape index (κ3) is 3.62. The van der Waals surface area contributed by atoms with Crippen LogP contribution in [0.1, 0.15) is 37.4 Å². The lowest BCUT2D eigenvalue weighted by Gasteiger charge is -2.22. The summed E-state index contributed by atoms with van der Waals surface area (Å²) in [6.45, 7) is 4.38. The lowest BCUT2D eigenvalue weighted by molar-refractivity contribution is 0.0826. The first-order valence-electron chi connectivity index (χ1n) is 7.30. The van der Waals surface area contributed by atoms with Crippen molar-refractivity contribution in [1.29, 1.82) is 0 Å². The molecule has 0 atom stereocenters. The molecule has 0 aliphatic carbocycles. The predicted octanol–water partition coefficient (Wildman–Crippen LogP) is -0.0211. The zero-order valence-electron chi connectivity index (χ0n) is 14.2. The third-order valence-electron chi connectivity index (χ3n) is 3.93. The Morgan fingerprint density at radius 2 is 1.52 bits per heavy atom. The Hall–Kier alpha value is -2.12. The number of nitrogens with zero attached hydrogens (tertiary/aromatic N) is 1. The van der Waals surface area contributed by atoms with Crippen molar-refractivity contribution in [3.8, 4) is 0 Å². The number of nitrogen functional groups attached to an aromatic ring is 1. The molecule has 1 aromatic rings. The second-order valence-corrected chi connectivity index (χ2v) is 5.77. The molecule has 0 spiro atoms. The highest BCUT2D eigenvalue weighted by molar-refractivity contribution is 6.05. The summed E-state index contributed by atoms with van der Waals surface area (Å²) < 4.78 is 0. The number of nitrogens with one attached hydrogen (secondary N) is 1. The molecular formula is C16H25N3O4. The fourth-order valence-electron chi connectivity index (χ4n) is 2.53. The monoisotopic (exact) mass is 323 g/mol. The van der Waals surface area contributed by atoms with Gasteiger partial charge < -0.3 is 26.2 Å². The van der Waals surface area contributed by atoms with Crippen molar-refractivity contribution in [2.24, 2.45) is 0 Å². The molecule has 128 valence electrons. The van der Waals surface area contributed by atoms with Crippen LogP contribution in [-0.2, 0) is 0 Å². The molecule has 0 saturated carbocycles. The number of rotatable bonds is 5. The van der Waals surface area contributed by atoms with E-state index in [1.807, 2.05) is 0 Å². The van der Waals surface area contributed by atoms with Gasteiger partial charge >= 0.3 is 0 Å². The van der Waals surface area contributed by atoms with Gasteiger partial charge in [0.25, 0.3) is 11.8 Å². The Morgan fingerprint density at radius 1 is 1.04 bits per heavy atom. The SMILES string of the molecule is Cc1c(N)c(C)c(C(=O)N(C)C)c(C)c1C(=O)NC(CO)CO. The molecule has 0 bridgehead atoms. The quantitative estimate of drug-likeness (QED) is 0.568. The van der Waals surface area contributed by atoms with Gasteiger partial charge in [0.15, 0.2) is 0 Å². The molecule has 7 nitrogen and oxygen atoms in total. The highest BCUT2D eigenvalue weighted by Gasteiger charge is 2.25. The number of hydrogen-bond donors (Lipinski definition) is 4. The zero-order chi connectivity index (χ0) is 17.9. The van der Waals surface area contributed by atoms with Crippen LogP contribution in [0, 0.1) is 20.8 Å². The van der Waals surface area contributed by atoms with Crippen molar-refractivity contribution in [2.75, 3.05) is 33.0 Å². The fraction of sp³-hybridized carbons (Fsp3) is 0.500. The van der Waals surface area contributed by atoms with Gasteiger partial charge in [0.05, 0.1) is 19.3 Å². The van der Waals surface area contributed by atoms with Gasteiger partial charge in [0.2, 0.25) is 0 Å².